The van der Waals surface area contributed by atoms with Crippen LogP contribution in [-0.4, -0.2) is 45.9 Å². The average Bonchev–Trinajstić information content (AvgIpc) is 3.21. The summed E-state index contributed by atoms with van der Waals surface area (Å²) in [6.07, 6.45) is 1.34. The molecule has 160 valence electrons. The highest BCUT2D eigenvalue weighted by Crippen LogP contribution is 2.40. The predicted molar refractivity (Wildman–Crippen MR) is 106 cm³/mol. The van der Waals surface area contributed by atoms with Gasteiger partial charge in [0.05, 0.1) is 30.6 Å². The summed E-state index contributed by atoms with van der Waals surface area (Å²) in [5.41, 5.74) is -1.79. The van der Waals surface area contributed by atoms with Crippen LogP contribution < -0.4 is 0 Å². The molecule has 10 heteroatoms. The lowest BCUT2D eigenvalue weighted by Gasteiger charge is -2.32. The average molecular weight is 419 g/mol. The molecule has 1 aromatic carbocycles. The largest absolute Gasteiger partial charge is 0.525 e. The SMILES string of the molecule is CCOC(=O)c1cn(CC(=C(F)B2OC(C)(C)C(C)(C)O2)c2cccc(F)c2)nn1. The number of benzene rings is 1. The van der Waals surface area contributed by atoms with Crippen LogP contribution in [0.2, 0.25) is 0 Å². The zero-order chi connectivity index (χ0) is 22.1. The third-order valence-corrected chi connectivity index (χ3v) is 5.26. The first-order chi connectivity index (χ1) is 14.0. The van der Waals surface area contributed by atoms with Gasteiger partial charge in [-0.1, -0.05) is 17.3 Å². The zero-order valence-electron chi connectivity index (χ0n) is 17.6. The van der Waals surface area contributed by atoms with E-state index in [4.69, 9.17) is 14.0 Å². The molecule has 30 heavy (non-hydrogen) atoms. The van der Waals surface area contributed by atoms with Crippen molar-refractivity contribution in [3.8, 4) is 0 Å². The molecule has 0 radical (unpaired) electrons. The molecule has 2 heterocycles. The van der Waals surface area contributed by atoms with Crippen LogP contribution >= 0.6 is 0 Å². The number of carbonyl (C=O) groups is 1. The van der Waals surface area contributed by atoms with E-state index < -0.39 is 35.8 Å². The van der Waals surface area contributed by atoms with Gasteiger partial charge in [-0.05, 0) is 52.3 Å². The molecule has 3 rings (SSSR count). The van der Waals surface area contributed by atoms with E-state index in [0.29, 0.717) is 5.56 Å². The van der Waals surface area contributed by atoms with Gasteiger partial charge in [-0.3, -0.25) is 0 Å². The van der Waals surface area contributed by atoms with Crippen LogP contribution in [0.4, 0.5) is 8.78 Å². The highest BCUT2D eigenvalue weighted by molar-refractivity contribution is 6.55. The Morgan fingerprint density at radius 1 is 1.23 bits per heavy atom. The smallest absolute Gasteiger partial charge is 0.461 e. The molecule has 2 aromatic rings. The topological polar surface area (TPSA) is 75.5 Å². The first-order valence-electron chi connectivity index (χ1n) is 9.61. The van der Waals surface area contributed by atoms with Crippen LogP contribution in [0.25, 0.3) is 5.57 Å². The molecular formula is C20H24BF2N3O4. The summed E-state index contributed by atoms with van der Waals surface area (Å²) in [7, 11) is -1.26. The second-order valence-electron chi connectivity index (χ2n) is 7.95. The summed E-state index contributed by atoms with van der Waals surface area (Å²) in [5.74, 6) is -1.15. The lowest BCUT2D eigenvalue weighted by atomic mass is 9.82. The van der Waals surface area contributed by atoms with Crippen molar-refractivity contribution in [3.05, 3.63) is 53.3 Å². The molecule has 0 atom stereocenters. The molecule has 0 saturated carbocycles. The molecule has 1 aliphatic heterocycles. The Kier molecular flexibility index (Phi) is 6.10. The van der Waals surface area contributed by atoms with Gasteiger partial charge >= 0.3 is 13.1 Å². The van der Waals surface area contributed by atoms with Crippen molar-refractivity contribution < 1.29 is 27.6 Å². The molecule has 7 nitrogen and oxygen atoms in total. The van der Waals surface area contributed by atoms with Gasteiger partial charge in [0.25, 0.3) is 0 Å². The molecule has 0 bridgehead atoms. The molecule has 0 unspecified atom stereocenters. The molecule has 1 fully saturated rings. The number of rotatable bonds is 6. The number of esters is 1. The van der Waals surface area contributed by atoms with E-state index in [-0.39, 0.29) is 24.4 Å². The summed E-state index contributed by atoms with van der Waals surface area (Å²) in [6.45, 7) is 8.99. The van der Waals surface area contributed by atoms with Gasteiger partial charge in [-0.25, -0.2) is 18.3 Å². The van der Waals surface area contributed by atoms with Crippen molar-refractivity contribution in [3.63, 3.8) is 0 Å². The molecule has 1 saturated heterocycles. The maximum Gasteiger partial charge on any atom is 0.525 e. The summed E-state index contributed by atoms with van der Waals surface area (Å²) in [4.78, 5) is 11.8. The maximum atomic E-state index is 15.6. The van der Waals surface area contributed by atoms with Crippen molar-refractivity contribution in [2.24, 2.45) is 0 Å². The fraction of sp³-hybridized carbons (Fsp3) is 0.450. The molecule has 0 N–H and O–H groups in total. The number of hydrogen-bond acceptors (Lipinski definition) is 6. The Labute approximate surface area is 174 Å². The van der Waals surface area contributed by atoms with Gasteiger partial charge in [0.15, 0.2) is 5.69 Å². The van der Waals surface area contributed by atoms with Gasteiger partial charge in [0, 0.05) is 5.57 Å². The van der Waals surface area contributed by atoms with Crippen molar-refractivity contribution in [2.75, 3.05) is 6.61 Å². The lowest BCUT2D eigenvalue weighted by Crippen LogP contribution is -2.41. The minimum Gasteiger partial charge on any atom is -0.461 e. The standard InChI is InChI=1S/C20H24BF2N3O4/c1-6-28-18(27)16-12-26(25-24-16)11-15(13-8-7-9-14(22)10-13)17(23)21-29-19(2,3)20(4,5)30-21/h7-10,12H,6,11H2,1-5H3. The second-order valence-corrected chi connectivity index (χ2v) is 7.95. The minimum absolute atomic E-state index is 0.00789. The molecule has 0 spiro atoms. The second kappa shape index (κ2) is 8.27. The number of halogens is 2. The van der Waals surface area contributed by atoms with Crippen LogP contribution in [0.1, 0.15) is 50.7 Å². The van der Waals surface area contributed by atoms with E-state index in [0.717, 1.165) is 0 Å². The van der Waals surface area contributed by atoms with Gasteiger partial charge in [0.2, 0.25) is 0 Å². The van der Waals surface area contributed by atoms with Crippen molar-refractivity contribution in [1.29, 1.82) is 0 Å². The zero-order valence-corrected chi connectivity index (χ0v) is 17.6. The van der Waals surface area contributed by atoms with Crippen LogP contribution in [0.15, 0.2) is 36.2 Å². The van der Waals surface area contributed by atoms with Crippen molar-refractivity contribution >= 4 is 18.7 Å². The molecule has 1 aromatic heterocycles. The summed E-state index contributed by atoms with van der Waals surface area (Å²) >= 11 is 0. The summed E-state index contributed by atoms with van der Waals surface area (Å²) < 4.78 is 47.2. The first-order valence-corrected chi connectivity index (χ1v) is 9.61. The van der Waals surface area contributed by atoms with Crippen LogP contribution in [-0.2, 0) is 20.6 Å². The molecule has 1 aliphatic rings. The molecule has 0 amide bonds. The minimum atomic E-state index is -1.26. The van der Waals surface area contributed by atoms with Crippen molar-refractivity contribution in [2.45, 2.75) is 52.4 Å². The first kappa shape index (κ1) is 22.1. The van der Waals surface area contributed by atoms with E-state index in [2.05, 4.69) is 10.3 Å². The van der Waals surface area contributed by atoms with E-state index in [1.807, 2.05) is 27.7 Å². The van der Waals surface area contributed by atoms with Gasteiger partial charge in [-0.2, -0.15) is 0 Å². The van der Waals surface area contributed by atoms with Crippen LogP contribution in [0.5, 0.6) is 0 Å². The maximum absolute atomic E-state index is 15.6. The lowest BCUT2D eigenvalue weighted by molar-refractivity contribution is 0.00578. The highest BCUT2D eigenvalue weighted by atomic mass is 19.1. The third-order valence-electron chi connectivity index (χ3n) is 5.26. The van der Waals surface area contributed by atoms with E-state index in [9.17, 15) is 9.18 Å². The molecule has 0 aliphatic carbocycles. The van der Waals surface area contributed by atoms with Gasteiger partial charge in [-0.15, -0.1) is 5.10 Å². The Morgan fingerprint density at radius 3 is 2.50 bits per heavy atom. The van der Waals surface area contributed by atoms with Crippen molar-refractivity contribution in [1.82, 2.24) is 15.0 Å². The van der Waals surface area contributed by atoms with Gasteiger partial charge in [0.1, 0.15) is 11.5 Å². The number of ether oxygens (including phenoxy) is 1. The fourth-order valence-electron chi connectivity index (χ4n) is 2.91. The number of aromatic nitrogens is 3. The van der Waals surface area contributed by atoms with Crippen LogP contribution in [0, 0.1) is 5.82 Å². The number of carbonyl (C=O) groups excluding carboxylic acids is 1. The summed E-state index contributed by atoms with van der Waals surface area (Å²) in [5, 5.41) is 7.62. The quantitative estimate of drug-likeness (QED) is 0.526. The number of allylic oxidation sites excluding steroid dienone is 1. The Balaban J connectivity index is 1.98. The number of nitrogens with zero attached hydrogens (tertiary/aromatic N) is 3. The number of hydrogen-bond donors (Lipinski definition) is 0. The monoisotopic (exact) mass is 419 g/mol. The Hall–Kier alpha value is -2.59. The van der Waals surface area contributed by atoms with Gasteiger partial charge < -0.3 is 14.0 Å². The van der Waals surface area contributed by atoms with E-state index in [1.54, 1.807) is 13.0 Å². The third kappa shape index (κ3) is 4.44. The Bertz CT molecular complexity index is 958. The fourth-order valence-corrected chi connectivity index (χ4v) is 2.91. The Morgan fingerprint density at radius 2 is 1.90 bits per heavy atom. The highest BCUT2D eigenvalue weighted by Gasteiger charge is 2.53. The molecular weight excluding hydrogens is 395 g/mol. The predicted octanol–water partition coefficient (Wildman–Crippen LogP) is 3.61. The normalized spacial score (nSPS) is 18.3. The van der Waals surface area contributed by atoms with Crippen LogP contribution in [0.3, 0.4) is 0 Å². The van der Waals surface area contributed by atoms with E-state index in [1.165, 1.54) is 29.1 Å². The van der Waals surface area contributed by atoms with E-state index >= 15 is 4.39 Å². The summed E-state index contributed by atoms with van der Waals surface area (Å²) in [6, 6.07) is 5.53.